The Morgan fingerprint density at radius 2 is 1.93 bits per heavy atom. The van der Waals surface area contributed by atoms with Crippen molar-refractivity contribution in [1.29, 1.82) is 0 Å². The van der Waals surface area contributed by atoms with Gasteiger partial charge in [0, 0.05) is 51.5 Å². The molecule has 3 aromatic rings. The second kappa shape index (κ2) is 8.30. The molecular formula is C22H28N6O2. The van der Waals surface area contributed by atoms with E-state index in [0.29, 0.717) is 18.7 Å². The first kappa shape index (κ1) is 20.1. The molecule has 30 heavy (non-hydrogen) atoms. The standard InChI is InChI=1S/C22H28N6O2/c1-15-17(16(2)24-21-20(15)22(30-4)25-26(21)3)8-9-19(29)28-13-11-27(12-14-28)18-7-5-6-10-23-18/h5-7,10H,8-9,11-14H2,1-4H3. The van der Waals surface area contributed by atoms with Gasteiger partial charge in [0.15, 0.2) is 5.65 Å². The van der Waals surface area contributed by atoms with Crippen LogP contribution in [0.25, 0.3) is 11.0 Å². The number of methoxy groups -OCH3 is 1. The molecule has 0 radical (unpaired) electrons. The van der Waals surface area contributed by atoms with Gasteiger partial charge in [0.1, 0.15) is 5.82 Å². The zero-order chi connectivity index (χ0) is 21.3. The number of aromatic nitrogens is 4. The first-order chi connectivity index (χ1) is 14.5. The van der Waals surface area contributed by atoms with Crippen molar-refractivity contribution in [3.05, 3.63) is 41.2 Å². The van der Waals surface area contributed by atoms with Gasteiger partial charge in [0.05, 0.1) is 12.5 Å². The van der Waals surface area contributed by atoms with E-state index >= 15 is 0 Å². The summed E-state index contributed by atoms with van der Waals surface area (Å²) in [5, 5.41) is 5.33. The van der Waals surface area contributed by atoms with Gasteiger partial charge >= 0.3 is 0 Å². The Balaban J connectivity index is 1.42. The van der Waals surface area contributed by atoms with E-state index in [2.05, 4.69) is 21.9 Å². The normalized spacial score (nSPS) is 14.4. The van der Waals surface area contributed by atoms with E-state index in [4.69, 9.17) is 9.72 Å². The third-order valence-electron chi connectivity index (χ3n) is 5.91. The van der Waals surface area contributed by atoms with Crippen molar-refractivity contribution in [2.45, 2.75) is 26.7 Å². The molecule has 1 aliphatic heterocycles. The number of rotatable bonds is 5. The lowest BCUT2D eigenvalue weighted by Gasteiger charge is -2.35. The quantitative estimate of drug-likeness (QED) is 0.645. The summed E-state index contributed by atoms with van der Waals surface area (Å²) < 4.78 is 7.17. The third-order valence-corrected chi connectivity index (χ3v) is 5.91. The van der Waals surface area contributed by atoms with Crippen LogP contribution in [0, 0.1) is 13.8 Å². The first-order valence-electron chi connectivity index (χ1n) is 10.3. The van der Waals surface area contributed by atoms with Crippen LogP contribution < -0.4 is 9.64 Å². The maximum Gasteiger partial charge on any atom is 0.242 e. The molecule has 1 amide bonds. The molecule has 4 heterocycles. The van der Waals surface area contributed by atoms with Crippen molar-refractivity contribution in [3.8, 4) is 5.88 Å². The van der Waals surface area contributed by atoms with Gasteiger partial charge in [-0.15, -0.1) is 5.10 Å². The Hall–Kier alpha value is -3.16. The van der Waals surface area contributed by atoms with Gasteiger partial charge in [-0.2, -0.15) is 0 Å². The minimum atomic E-state index is 0.188. The molecule has 0 atom stereocenters. The highest BCUT2D eigenvalue weighted by atomic mass is 16.5. The number of carbonyl (C=O) groups is 1. The predicted octanol–water partition coefficient (Wildman–Crippen LogP) is 2.27. The summed E-state index contributed by atoms with van der Waals surface area (Å²) in [6.45, 7) is 7.12. The van der Waals surface area contributed by atoms with Crippen LogP contribution in [-0.4, -0.2) is 63.8 Å². The summed E-state index contributed by atoms with van der Waals surface area (Å²) in [4.78, 5) is 26.2. The molecular weight excluding hydrogens is 380 g/mol. The lowest BCUT2D eigenvalue weighted by molar-refractivity contribution is -0.131. The number of ether oxygens (including phenoxy) is 1. The zero-order valence-corrected chi connectivity index (χ0v) is 18.1. The highest BCUT2D eigenvalue weighted by Gasteiger charge is 2.23. The van der Waals surface area contributed by atoms with Crippen molar-refractivity contribution in [3.63, 3.8) is 0 Å². The molecule has 1 fully saturated rings. The van der Waals surface area contributed by atoms with Crippen molar-refractivity contribution in [2.75, 3.05) is 38.2 Å². The fourth-order valence-electron chi connectivity index (χ4n) is 4.22. The van der Waals surface area contributed by atoms with E-state index in [1.165, 1.54) is 0 Å². The second-order valence-corrected chi connectivity index (χ2v) is 7.69. The molecule has 158 valence electrons. The van der Waals surface area contributed by atoms with Gasteiger partial charge in [-0.05, 0) is 43.5 Å². The van der Waals surface area contributed by atoms with E-state index in [0.717, 1.165) is 59.9 Å². The average Bonchev–Trinajstić information content (AvgIpc) is 3.09. The smallest absolute Gasteiger partial charge is 0.242 e. The highest BCUT2D eigenvalue weighted by Crippen LogP contribution is 2.30. The van der Waals surface area contributed by atoms with Crippen LogP contribution in [-0.2, 0) is 18.3 Å². The van der Waals surface area contributed by atoms with Crippen LogP contribution in [0.4, 0.5) is 5.82 Å². The van der Waals surface area contributed by atoms with Gasteiger partial charge in [-0.25, -0.2) is 14.6 Å². The van der Waals surface area contributed by atoms with E-state index in [-0.39, 0.29) is 5.91 Å². The van der Waals surface area contributed by atoms with Crippen molar-refractivity contribution < 1.29 is 9.53 Å². The van der Waals surface area contributed by atoms with Gasteiger partial charge < -0.3 is 14.5 Å². The van der Waals surface area contributed by atoms with Crippen LogP contribution in [0.2, 0.25) is 0 Å². The number of nitrogens with zero attached hydrogens (tertiary/aromatic N) is 6. The lowest BCUT2D eigenvalue weighted by Crippen LogP contribution is -2.49. The topological polar surface area (TPSA) is 76.4 Å². The Morgan fingerprint density at radius 3 is 2.60 bits per heavy atom. The van der Waals surface area contributed by atoms with Crippen LogP contribution in [0.15, 0.2) is 24.4 Å². The lowest BCUT2D eigenvalue weighted by atomic mass is 10.00. The molecule has 0 saturated carbocycles. The second-order valence-electron chi connectivity index (χ2n) is 7.69. The largest absolute Gasteiger partial charge is 0.479 e. The Bertz CT molecular complexity index is 1050. The molecule has 0 N–H and O–H groups in total. The maximum absolute atomic E-state index is 12.9. The predicted molar refractivity (Wildman–Crippen MR) is 116 cm³/mol. The number of carbonyl (C=O) groups excluding carboxylic acids is 1. The van der Waals surface area contributed by atoms with Gasteiger partial charge in [-0.1, -0.05) is 6.07 Å². The molecule has 4 rings (SSSR count). The average molecular weight is 409 g/mol. The summed E-state index contributed by atoms with van der Waals surface area (Å²) in [5.74, 6) is 1.74. The Labute approximate surface area is 176 Å². The number of piperazine rings is 1. The Kier molecular flexibility index (Phi) is 5.57. The number of hydrogen-bond acceptors (Lipinski definition) is 6. The van der Waals surface area contributed by atoms with Crippen LogP contribution in [0.5, 0.6) is 5.88 Å². The van der Waals surface area contributed by atoms with Gasteiger partial charge in [-0.3, -0.25) is 4.79 Å². The van der Waals surface area contributed by atoms with Crippen molar-refractivity contribution >= 4 is 22.8 Å². The number of pyridine rings is 2. The molecule has 0 spiro atoms. The summed E-state index contributed by atoms with van der Waals surface area (Å²) in [6, 6.07) is 5.92. The maximum atomic E-state index is 12.9. The fraction of sp³-hybridized carbons (Fsp3) is 0.455. The van der Waals surface area contributed by atoms with Crippen LogP contribution in [0.1, 0.15) is 23.2 Å². The minimum absolute atomic E-state index is 0.188. The fourth-order valence-corrected chi connectivity index (χ4v) is 4.22. The van der Waals surface area contributed by atoms with Crippen molar-refractivity contribution in [2.24, 2.45) is 7.05 Å². The molecule has 8 heteroatoms. The van der Waals surface area contributed by atoms with E-state index in [1.807, 2.05) is 37.1 Å². The summed E-state index contributed by atoms with van der Waals surface area (Å²) >= 11 is 0. The molecule has 1 saturated heterocycles. The summed E-state index contributed by atoms with van der Waals surface area (Å²) in [6.07, 6.45) is 2.94. The van der Waals surface area contributed by atoms with E-state index in [9.17, 15) is 4.79 Å². The third kappa shape index (κ3) is 3.69. The van der Waals surface area contributed by atoms with Crippen molar-refractivity contribution in [1.82, 2.24) is 24.6 Å². The number of aryl methyl sites for hydroxylation is 3. The molecule has 0 aliphatic carbocycles. The number of amides is 1. The van der Waals surface area contributed by atoms with E-state index < -0.39 is 0 Å². The Morgan fingerprint density at radius 1 is 1.17 bits per heavy atom. The zero-order valence-electron chi connectivity index (χ0n) is 18.1. The van der Waals surface area contributed by atoms with Crippen LogP contribution >= 0.6 is 0 Å². The number of fused-ring (bicyclic) bond motifs is 1. The van der Waals surface area contributed by atoms with E-state index in [1.54, 1.807) is 18.0 Å². The minimum Gasteiger partial charge on any atom is -0.479 e. The summed E-state index contributed by atoms with van der Waals surface area (Å²) in [7, 11) is 3.49. The first-order valence-corrected chi connectivity index (χ1v) is 10.3. The molecule has 0 bridgehead atoms. The van der Waals surface area contributed by atoms with Gasteiger partial charge in [0.2, 0.25) is 11.8 Å². The number of hydrogen-bond donors (Lipinski definition) is 0. The monoisotopic (exact) mass is 408 g/mol. The summed E-state index contributed by atoms with van der Waals surface area (Å²) in [5.41, 5.74) is 3.95. The highest BCUT2D eigenvalue weighted by molar-refractivity contribution is 5.86. The van der Waals surface area contributed by atoms with Gasteiger partial charge in [0.25, 0.3) is 0 Å². The SMILES string of the molecule is COc1nn(C)c2nc(C)c(CCC(=O)N3CCN(c4ccccn4)CC3)c(C)c12. The molecule has 8 nitrogen and oxygen atoms in total. The molecule has 0 unspecified atom stereocenters. The van der Waals surface area contributed by atoms with Crippen LogP contribution in [0.3, 0.4) is 0 Å². The molecule has 0 aromatic carbocycles. The number of anilines is 1. The molecule has 3 aromatic heterocycles. The molecule has 1 aliphatic rings.